The fourth-order valence-corrected chi connectivity index (χ4v) is 3.57. The number of nitrogens with zero attached hydrogens (tertiary/aromatic N) is 2. The summed E-state index contributed by atoms with van der Waals surface area (Å²) >= 11 is 2.01. The van der Waals surface area contributed by atoms with Crippen LogP contribution in [0.15, 0.2) is 6.07 Å². The third kappa shape index (κ3) is 5.06. The van der Waals surface area contributed by atoms with Gasteiger partial charge in [-0.25, -0.2) is 9.97 Å². The van der Waals surface area contributed by atoms with E-state index in [0.717, 1.165) is 42.1 Å². The minimum Gasteiger partial charge on any atom is -0.370 e. The molecule has 118 valence electrons. The molecule has 0 spiro atoms. The zero-order valence-electron chi connectivity index (χ0n) is 13.5. The van der Waals surface area contributed by atoms with E-state index in [1.807, 2.05) is 17.8 Å². The fourth-order valence-electron chi connectivity index (χ4n) is 2.83. The molecule has 0 atom stereocenters. The van der Waals surface area contributed by atoms with E-state index in [1.165, 1.54) is 25.7 Å². The number of aryl methyl sites for hydroxylation is 1. The lowest BCUT2D eigenvalue weighted by Crippen LogP contribution is -2.27. The Balaban J connectivity index is 2.01. The molecule has 2 rings (SSSR count). The van der Waals surface area contributed by atoms with Crippen molar-refractivity contribution in [1.29, 1.82) is 0 Å². The average Bonchev–Trinajstić information content (AvgIpc) is 2.48. The van der Waals surface area contributed by atoms with Crippen LogP contribution in [0.25, 0.3) is 0 Å². The Morgan fingerprint density at radius 2 is 1.86 bits per heavy atom. The van der Waals surface area contributed by atoms with E-state index in [-0.39, 0.29) is 0 Å². The molecule has 1 aromatic heterocycles. The molecule has 1 fully saturated rings. The lowest BCUT2D eigenvalue weighted by molar-refractivity contribution is 0.472. The number of rotatable bonds is 7. The van der Waals surface area contributed by atoms with Crippen LogP contribution in [0.1, 0.15) is 51.8 Å². The van der Waals surface area contributed by atoms with Crippen LogP contribution in [-0.2, 0) is 6.42 Å². The van der Waals surface area contributed by atoms with Crippen molar-refractivity contribution in [2.45, 2.75) is 63.7 Å². The van der Waals surface area contributed by atoms with Crippen molar-refractivity contribution in [2.75, 3.05) is 23.4 Å². The van der Waals surface area contributed by atoms with Crippen molar-refractivity contribution >= 4 is 23.4 Å². The maximum Gasteiger partial charge on any atom is 0.133 e. The summed E-state index contributed by atoms with van der Waals surface area (Å²) in [6.45, 7) is 5.15. The molecule has 1 aliphatic rings. The number of nitrogens with one attached hydrogen (secondary N) is 2. The zero-order chi connectivity index (χ0) is 15.1. The van der Waals surface area contributed by atoms with E-state index in [9.17, 15) is 0 Å². The van der Waals surface area contributed by atoms with Crippen molar-refractivity contribution in [3.63, 3.8) is 0 Å². The van der Waals surface area contributed by atoms with Gasteiger partial charge in [-0.15, -0.1) is 0 Å². The Morgan fingerprint density at radius 3 is 2.48 bits per heavy atom. The maximum atomic E-state index is 4.67. The minimum atomic E-state index is 0.562. The summed E-state index contributed by atoms with van der Waals surface area (Å²) in [5, 5.41) is 7.78. The van der Waals surface area contributed by atoms with Crippen LogP contribution in [0.3, 0.4) is 0 Å². The van der Waals surface area contributed by atoms with Crippen molar-refractivity contribution < 1.29 is 0 Å². The fraction of sp³-hybridized carbons (Fsp3) is 0.750. The number of thioether (sulfide) groups is 1. The van der Waals surface area contributed by atoms with Crippen LogP contribution in [0.4, 0.5) is 11.6 Å². The first kappa shape index (κ1) is 16.4. The molecule has 21 heavy (non-hydrogen) atoms. The van der Waals surface area contributed by atoms with Crippen molar-refractivity contribution in [3.05, 3.63) is 11.9 Å². The average molecular weight is 308 g/mol. The molecule has 5 heteroatoms. The molecule has 0 bridgehead atoms. The summed E-state index contributed by atoms with van der Waals surface area (Å²) in [4.78, 5) is 9.24. The lowest BCUT2D eigenvalue weighted by Gasteiger charge is -2.28. The van der Waals surface area contributed by atoms with Crippen molar-refractivity contribution in [2.24, 2.45) is 0 Å². The van der Waals surface area contributed by atoms with Crippen molar-refractivity contribution in [1.82, 2.24) is 9.97 Å². The number of aromatic nitrogens is 2. The lowest BCUT2D eigenvalue weighted by atomic mass is 9.95. The normalized spacial score (nSPS) is 22.0. The van der Waals surface area contributed by atoms with Crippen molar-refractivity contribution in [3.8, 4) is 0 Å². The predicted molar refractivity (Wildman–Crippen MR) is 93.4 cm³/mol. The van der Waals surface area contributed by atoms with Gasteiger partial charge in [0, 0.05) is 30.3 Å². The molecule has 0 radical (unpaired) electrons. The summed E-state index contributed by atoms with van der Waals surface area (Å²) in [6, 6.07) is 2.61. The monoisotopic (exact) mass is 308 g/mol. The summed E-state index contributed by atoms with van der Waals surface area (Å²) in [5.74, 6) is 2.87. The summed E-state index contributed by atoms with van der Waals surface area (Å²) in [6.07, 6.45) is 9.35. The highest BCUT2D eigenvalue weighted by molar-refractivity contribution is 7.99. The van der Waals surface area contributed by atoms with Gasteiger partial charge in [0.25, 0.3) is 0 Å². The highest BCUT2D eigenvalue weighted by Gasteiger charge is 2.20. The molecular formula is C16H28N4S. The summed E-state index contributed by atoms with van der Waals surface area (Å²) in [5.41, 5.74) is 0. The largest absolute Gasteiger partial charge is 0.370 e. The molecule has 0 aliphatic heterocycles. The van der Waals surface area contributed by atoms with Gasteiger partial charge in [-0.2, -0.15) is 11.8 Å². The number of anilines is 2. The molecule has 0 saturated heterocycles. The Bertz CT molecular complexity index is 406. The Kier molecular flexibility index (Phi) is 6.61. The molecule has 1 aliphatic carbocycles. The smallest absolute Gasteiger partial charge is 0.133 e. The van der Waals surface area contributed by atoms with Gasteiger partial charge in [-0.05, 0) is 45.3 Å². The highest BCUT2D eigenvalue weighted by Crippen LogP contribution is 2.28. The van der Waals surface area contributed by atoms with E-state index >= 15 is 0 Å². The van der Waals surface area contributed by atoms with Crippen LogP contribution < -0.4 is 10.6 Å². The van der Waals surface area contributed by atoms with E-state index < -0.39 is 0 Å². The van der Waals surface area contributed by atoms with Gasteiger partial charge in [0.1, 0.15) is 17.5 Å². The van der Waals surface area contributed by atoms with E-state index in [2.05, 4.69) is 40.7 Å². The molecule has 0 unspecified atom stereocenters. The van der Waals surface area contributed by atoms with Gasteiger partial charge in [0.15, 0.2) is 0 Å². The van der Waals surface area contributed by atoms with Gasteiger partial charge < -0.3 is 10.6 Å². The first-order valence-corrected chi connectivity index (χ1v) is 9.45. The molecular weight excluding hydrogens is 280 g/mol. The predicted octanol–water partition coefficient (Wildman–Crippen LogP) is 3.95. The second-order valence-corrected chi connectivity index (χ2v) is 6.83. The van der Waals surface area contributed by atoms with Crippen LogP contribution in [-0.4, -0.2) is 34.1 Å². The highest BCUT2D eigenvalue weighted by atomic mass is 32.2. The molecule has 2 N–H and O–H groups in total. The standard InChI is InChI=1S/C16H28N4S/c1-4-6-14-19-15(17-5-2)11-16(20-14)18-12-7-9-13(21-3)10-8-12/h11-13H,4-10H2,1-3H3,(H2,17,18,19,20). The molecule has 0 aromatic carbocycles. The van der Waals surface area contributed by atoms with E-state index in [4.69, 9.17) is 0 Å². The third-order valence-electron chi connectivity index (χ3n) is 3.96. The van der Waals surface area contributed by atoms with Crippen LogP contribution >= 0.6 is 11.8 Å². The van der Waals surface area contributed by atoms with Gasteiger partial charge in [-0.3, -0.25) is 0 Å². The topological polar surface area (TPSA) is 49.8 Å². The first-order chi connectivity index (χ1) is 10.2. The van der Waals surface area contributed by atoms with Gasteiger partial charge >= 0.3 is 0 Å². The van der Waals surface area contributed by atoms with Gasteiger partial charge in [-0.1, -0.05) is 6.92 Å². The number of hydrogen-bond acceptors (Lipinski definition) is 5. The number of hydrogen-bond donors (Lipinski definition) is 2. The molecule has 1 heterocycles. The Labute approximate surface area is 132 Å². The van der Waals surface area contributed by atoms with Crippen LogP contribution in [0.5, 0.6) is 0 Å². The minimum absolute atomic E-state index is 0.562. The molecule has 1 saturated carbocycles. The van der Waals surface area contributed by atoms with Crippen LogP contribution in [0.2, 0.25) is 0 Å². The summed E-state index contributed by atoms with van der Waals surface area (Å²) in [7, 11) is 0. The zero-order valence-corrected chi connectivity index (χ0v) is 14.3. The van der Waals surface area contributed by atoms with Gasteiger partial charge in [0.05, 0.1) is 0 Å². The van der Waals surface area contributed by atoms with Crippen LogP contribution in [0, 0.1) is 0 Å². The molecule has 0 amide bonds. The maximum absolute atomic E-state index is 4.67. The van der Waals surface area contributed by atoms with E-state index in [1.54, 1.807) is 0 Å². The quantitative estimate of drug-likeness (QED) is 0.799. The summed E-state index contributed by atoms with van der Waals surface area (Å²) < 4.78 is 0. The second-order valence-electron chi connectivity index (χ2n) is 5.69. The molecule has 1 aromatic rings. The van der Waals surface area contributed by atoms with Gasteiger partial charge in [0.2, 0.25) is 0 Å². The van der Waals surface area contributed by atoms with E-state index in [0.29, 0.717) is 6.04 Å². The third-order valence-corrected chi connectivity index (χ3v) is 5.10. The second kappa shape index (κ2) is 8.47. The molecule has 4 nitrogen and oxygen atoms in total. The SMILES string of the molecule is CCCc1nc(NCC)cc(NC2CCC(SC)CC2)n1. The Morgan fingerprint density at radius 1 is 1.14 bits per heavy atom. The first-order valence-electron chi connectivity index (χ1n) is 8.16. The Hall–Kier alpha value is -0.970.